The Bertz CT molecular complexity index is 828. The quantitative estimate of drug-likeness (QED) is 0.763. The Balaban J connectivity index is 2.40. The number of hydrogen-bond acceptors (Lipinski definition) is 2. The fourth-order valence-corrected chi connectivity index (χ4v) is 1.96. The molecule has 0 aliphatic carbocycles. The van der Waals surface area contributed by atoms with Crippen LogP contribution in [0.3, 0.4) is 0 Å². The lowest BCUT2D eigenvalue weighted by Crippen LogP contribution is -2.08. The van der Waals surface area contributed by atoms with Crippen LogP contribution < -0.4 is 5.32 Å². The summed E-state index contributed by atoms with van der Waals surface area (Å²) in [5.74, 6) is 5.72. The maximum Gasteiger partial charge on any atom is 0.409 e. The van der Waals surface area contributed by atoms with Crippen LogP contribution in [-0.4, -0.2) is 11.2 Å². The van der Waals surface area contributed by atoms with Gasteiger partial charge in [-0.15, -0.1) is 0 Å². The highest BCUT2D eigenvalue weighted by molar-refractivity contribution is 6.42. The molecule has 2 rings (SSSR count). The normalized spacial score (nSPS) is 9.32. The van der Waals surface area contributed by atoms with Gasteiger partial charge in [-0.1, -0.05) is 35.0 Å². The summed E-state index contributed by atoms with van der Waals surface area (Å²) < 4.78 is 0. The van der Waals surface area contributed by atoms with E-state index >= 15 is 0 Å². The van der Waals surface area contributed by atoms with E-state index in [9.17, 15) is 4.79 Å². The Morgan fingerprint density at radius 1 is 1.05 bits per heavy atom. The molecular formula is C16H8Cl2N2O2. The molecule has 2 N–H and O–H groups in total. The first-order chi connectivity index (χ1) is 10.5. The van der Waals surface area contributed by atoms with E-state index in [1.807, 2.05) is 6.07 Å². The number of nitrogens with one attached hydrogen (secondary N) is 1. The third-order valence-electron chi connectivity index (χ3n) is 2.66. The van der Waals surface area contributed by atoms with E-state index in [0.717, 1.165) is 0 Å². The van der Waals surface area contributed by atoms with Crippen LogP contribution in [0, 0.1) is 23.2 Å². The summed E-state index contributed by atoms with van der Waals surface area (Å²) in [6.45, 7) is 0. The maximum atomic E-state index is 10.8. The molecule has 0 aliphatic rings. The van der Waals surface area contributed by atoms with Gasteiger partial charge in [-0.05, 0) is 36.4 Å². The summed E-state index contributed by atoms with van der Waals surface area (Å²) in [6.07, 6.45) is -1.22. The second kappa shape index (κ2) is 6.87. The first-order valence-corrected chi connectivity index (χ1v) is 6.76. The number of anilines is 1. The summed E-state index contributed by atoms with van der Waals surface area (Å²) in [7, 11) is 0. The number of carbonyl (C=O) groups is 1. The van der Waals surface area contributed by atoms with Crippen LogP contribution in [0.25, 0.3) is 0 Å². The van der Waals surface area contributed by atoms with Gasteiger partial charge in [-0.2, -0.15) is 5.26 Å². The third-order valence-corrected chi connectivity index (χ3v) is 3.38. The predicted octanol–water partition coefficient (Wildman–Crippen LogP) is 4.35. The predicted molar refractivity (Wildman–Crippen MR) is 85.2 cm³/mol. The van der Waals surface area contributed by atoms with Crippen LogP contribution in [0.15, 0.2) is 36.4 Å². The van der Waals surface area contributed by atoms with Gasteiger partial charge >= 0.3 is 6.09 Å². The molecule has 4 nitrogen and oxygen atoms in total. The van der Waals surface area contributed by atoms with E-state index in [0.29, 0.717) is 16.7 Å². The van der Waals surface area contributed by atoms with Gasteiger partial charge in [0.1, 0.15) is 0 Å². The monoisotopic (exact) mass is 330 g/mol. The van der Waals surface area contributed by atoms with Gasteiger partial charge in [-0.3, -0.25) is 5.32 Å². The van der Waals surface area contributed by atoms with Gasteiger partial charge in [0.05, 0.1) is 32.9 Å². The SMILES string of the molecule is N#Cc1ccc(C#Cc2cc(Cl)c(Cl)cc2NC(=O)O)cc1. The summed E-state index contributed by atoms with van der Waals surface area (Å²) in [5, 5.41) is 20.3. The first kappa shape index (κ1) is 15.7. The van der Waals surface area contributed by atoms with E-state index in [1.54, 1.807) is 24.3 Å². The van der Waals surface area contributed by atoms with Gasteiger partial charge in [0.15, 0.2) is 0 Å². The van der Waals surface area contributed by atoms with Gasteiger partial charge in [0.2, 0.25) is 0 Å². The molecule has 2 aromatic rings. The molecule has 0 bridgehead atoms. The summed E-state index contributed by atoms with van der Waals surface area (Å²) in [4.78, 5) is 10.8. The van der Waals surface area contributed by atoms with Crippen LogP contribution in [0.1, 0.15) is 16.7 Å². The van der Waals surface area contributed by atoms with Crippen molar-refractivity contribution in [1.29, 1.82) is 5.26 Å². The fraction of sp³-hybridized carbons (Fsp3) is 0. The average molecular weight is 331 g/mol. The van der Waals surface area contributed by atoms with Crippen molar-refractivity contribution in [2.24, 2.45) is 0 Å². The molecule has 108 valence electrons. The number of carboxylic acid groups (broad SMARTS) is 1. The van der Waals surface area contributed by atoms with Crippen LogP contribution in [0.4, 0.5) is 10.5 Å². The van der Waals surface area contributed by atoms with Gasteiger partial charge in [0, 0.05) is 5.56 Å². The molecule has 0 unspecified atom stereocenters. The van der Waals surface area contributed by atoms with Gasteiger partial charge < -0.3 is 5.11 Å². The van der Waals surface area contributed by atoms with E-state index in [-0.39, 0.29) is 15.7 Å². The maximum absolute atomic E-state index is 10.8. The summed E-state index contributed by atoms with van der Waals surface area (Å²) in [6, 6.07) is 11.6. The second-order valence-corrected chi connectivity index (χ2v) is 5.00. The van der Waals surface area contributed by atoms with Crippen LogP contribution >= 0.6 is 23.2 Å². The minimum Gasteiger partial charge on any atom is -0.465 e. The molecule has 22 heavy (non-hydrogen) atoms. The Morgan fingerprint density at radius 2 is 1.64 bits per heavy atom. The van der Waals surface area contributed by atoms with E-state index in [4.69, 9.17) is 33.6 Å². The molecule has 0 saturated heterocycles. The van der Waals surface area contributed by atoms with Gasteiger partial charge in [-0.25, -0.2) is 4.79 Å². The number of amides is 1. The van der Waals surface area contributed by atoms with Crippen molar-refractivity contribution in [3.8, 4) is 17.9 Å². The zero-order valence-corrected chi connectivity index (χ0v) is 12.5. The van der Waals surface area contributed by atoms with Crippen molar-refractivity contribution in [2.75, 3.05) is 5.32 Å². The summed E-state index contributed by atoms with van der Waals surface area (Å²) >= 11 is 11.8. The first-order valence-electron chi connectivity index (χ1n) is 6.01. The van der Waals surface area contributed by atoms with Crippen LogP contribution in [-0.2, 0) is 0 Å². The highest BCUT2D eigenvalue weighted by Gasteiger charge is 2.08. The lowest BCUT2D eigenvalue weighted by molar-refractivity contribution is 0.209. The molecule has 0 fully saturated rings. The van der Waals surface area contributed by atoms with Crippen molar-refractivity contribution in [3.63, 3.8) is 0 Å². The lowest BCUT2D eigenvalue weighted by Gasteiger charge is -2.06. The third kappa shape index (κ3) is 3.93. The number of halogens is 2. The largest absolute Gasteiger partial charge is 0.465 e. The Morgan fingerprint density at radius 3 is 2.23 bits per heavy atom. The minimum atomic E-state index is -1.22. The molecule has 0 spiro atoms. The van der Waals surface area contributed by atoms with Crippen molar-refractivity contribution >= 4 is 35.0 Å². The van der Waals surface area contributed by atoms with Crippen molar-refractivity contribution < 1.29 is 9.90 Å². The number of benzene rings is 2. The zero-order valence-electron chi connectivity index (χ0n) is 11.0. The van der Waals surface area contributed by atoms with Crippen molar-refractivity contribution in [3.05, 3.63) is 63.1 Å². The smallest absolute Gasteiger partial charge is 0.409 e. The average Bonchev–Trinajstić information content (AvgIpc) is 2.49. The molecule has 0 radical (unpaired) electrons. The van der Waals surface area contributed by atoms with Crippen molar-refractivity contribution in [1.82, 2.24) is 0 Å². The van der Waals surface area contributed by atoms with E-state index in [1.165, 1.54) is 12.1 Å². The molecule has 0 saturated carbocycles. The lowest BCUT2D eigenvalue weighted by atomic mass is 10.1. The van der Waals surface area contributed by atoms with E-state index < -0.39 is 6.09 Å². The molecule has 0 atom stereocenters. The number of nitriles is 1. The van der Waals surface area contributed by atoms with E-state index in [2.05, 4.69) is 17.2 Å². The topological polar surface area (TPSA) is 73.1 Å². The standard InChI is InChI=1S/C16H8Cl2N2O2/c17-13-7-12(15(8-14(13)18)20-16(21)22)6-5-10-1-3-11(9-19)4-2-10/h1-4,7-8,20H,(H,21,22). The molecule has 0 heterocycles. The zero-order chi connectivity index (χ0) is 16.1. The number of hydrogen-bond donors (Lipinski definition) is 2. The summed E-state index contributed by atoms with van der Waals surface area (Å²) in [5.41, 5.74) is 1.88. The number of nitrogens with zero attached hydrogens (tertiary/aromatic N) is 1. The molecule has 1 amide bonds. The molecule has 6 heteroatoms. The Kier molecular flexibility index (Phi) is 4.91. The Labute approximate surface area is 136 Å². The molecule has 0 aromatic heterocycles. The molecular weight excluding hydrogens is 323 g/mol. The van der Waals surface area contributed by atoms with Crippen molar-refractivity contribution in [2.45, 2.75) is 0 Å². The number of rotatable bonds is 1. The fourth-order valence-electron chi connectivity index (χ4n) is 1.64. The van der Waals surface area contributed by atoms with Crippen LogP contribution in [0.2, 0.25) is 10.0 Å². The van der Waals surface area contributed by atoms with Crippen LogP contribution in [0.5, 0.6) is 0 Å². The highest BCUT2D eigenvalue weighted by Crippen LogP contribution is 2.28. The molecule has 0 aliphatic heterocycles. The molecule has 2 aromatic carbocycles. The second-order valence-electron chi connectivity index (χ2n) is 4.18. The Hall–Kier alpha value is -2.66. The minimum absolute atomic E-state index is 0.231. The van der Waals surface area contributed by atoms with Gasteiger partial charge in [0.25, 0.3) is 0 Å². The highest BCUT2D eigenvalue weighted by atomic mass is 35.5.